The fraction of sp³-hybridized carbons (Fsp3) is 0.517. The normalized spacial score (nSPS) is 29.6. The van der Waals surface area contributed by atoms with Crippen LogP contribution < -0.4 is 15.4 Å². The van der Waals surface area contributed by atoms with Crippen LogP contribution in [0.2, 0.25) is 0 Å². The Hall–Kier alpha value is -2.70. The van der Waals surface area contributed by atoms with Gasteiger partial charge < -0.3 is 20.3 Å². The third-order valence-electron chi connectivity index (χ3n) is 9.13. The monoisotopic (exact) mass is 469 g/mol. The minimum absolute atomic E-state index is 0.0482. The van der Waals surface area contributed by atoms with E-state index in [9.17, 15) is 0 Å². The molecule has 6 heteroatoms. The van der Waals surface area contributed by atoms with E-state index in [4.69, 9.17) is 20.4 Å². The van der Waals surface area contributed by atoms with Gasteiger partial charge in [-0.2, -0.15) is 9.97 Å². The van der Waals surface area contributed by atoms with Crippen molar-refractivity contribution in [1.29, 1.82) is 0 Å². The van der Waals surface area contributed by atoms with Gasteiger partial charge in [0.15, 0.2) is 0 Å². The molecule has 5 aliphatic rings. The van der Waals surface area contributed by atoms with E-state index in [-0.39, 0.29) is 11.0 Å². The zero-order valence-electron chi connectivity index (χ0n) is 20.9. The number of benzene rings is 2. The van der Waals surface area contributed by atoms with Crippen LogP contribution in [0.5, 0.6) is 6.01 Å². The molecule has 1 aromatic heterocycles. The molecule has 4 fully saturated rings. The molecule has 2 aromatic carbocycles. The molecular weight excluding hydrogens is 434 g/mol. The Labute approximate surface area is 207 Å². The van der Waals surface area contributed by atoms with Crippen molar-refractivity contribution < 1.29 is 4.74 Å². The molecule has 2 aliphatic heterocycles. The van der Waals surface area contributed by atoms with Crippen LogP contribution in [0.4, 0.5) is 5.69 Å². The van der Waals surface area contributed by atoms with Gasteiger partial charge in [0.1, 0.15) is 6.61 Å². The van der Waals surface area contributed by atoms with Crippen molar-refractivity contribution in [1.82, 2.24) is 14.9 Å². The predicted molar refractivity (Wildman–Crippen MR) is 139 cm³/mol. The quantitative estimate of drug-likeness (QED) is 0.607. The van der Waals surface area contributed by atoms with Crippen LogP contribution in [0, 0.1) is 6.92 Å². The van der Waals surface area contributed by atoms with Crippen LogP contribution >= 0.6 is 0 Å². The lowest BCUT2D eigenvalue weighted by atomic mass is 9.38. The molecule has 0 unspecified atom stereocenters. The molecule has 3 aromatic rings. The number of likely N-dealkylation sites (tertiary alicyclic amines) is 1. The highest BCUT2D eigenvalue weighted by molar-refractivity contribution is 5.97. The lowest BCUT2D eigenvalue weighted by molar-refractivity contribution is -0.0632. The number of ether oxygens (including phenoxy) is 1. The van der Waals surface area contributed by atoms with E-state index in [1.807, 2.05) is 0 Å². The fourth-order valence-electron chi connectivity index (χ4n) is 7.36. The number of hydrogen-bond acceptors (Lipinski definition) is 6. The van der Waals surface area contributed by atoms with Gasteiger partial charge in [0.25, 0.3) is 0 Å². The van der Waals surface area contributed by atoms with Gasteiger partial charge in [-0.1, -0.05) is 30.3 Å². The van der Waals surface area contributed by atoms with Crippen LogP contribution in [0.25, 0.3) is 10.8 Å². The second kappa shape index (κ2) is 7.65. The molecule has 2 N–H and O–H groups in total. The third-order valence-corrected chi connectivity index (χ3v) is 9.13. The molecule has 1 atom stereocenters. The van der Waals surface area contributed by atoms with E-state index >= 15 is 0 Å². The third kappa shape index (κ3) is 3.37. The van der Waals surface area contributed by atoms with Crippen molar-refractivity contribution in [2.45, 2.75) is 69.0 Å². The molecule has 8 rings (SSSR count). The van der Waals surface area contributed by atoms with Crippen molar-refractivity contribution in [3.63, 3.8) is 0 Å². The van der Waals surface area contributed by atoms with E-state index in [2.05, 4.69) is 60.2 Å². The molecule has 6 nitrogen and oxygen atoms in total. The summed E-state index contributed by atoms with van der Waals surface area (Å²) in [5, 5.41) is 2.64. The number of hydrogen-bond donors (Lipinski definition) is 1. The van der Waals surface area contributed by atoms with Gasteiger partial charge in [-0.3, -0.25) is 0 Å². The van der Waals surface area contributed by atoms with Gasteiger partial charge in [-0.15, -0.1) is 0 Å². The molecule has 3 aliphatic carbocycles. The van der Waals surface area contributed by atoms with Gasteiger partial charge in [0.05, 0.1) is 17.9 Å². The summed E-state index contributed by atoms with van der Waals surface area (Å²) < 4.78 is 6.29. The van der Waals surface area contributed by atoms with Crippen molar-refractivity contribution >= 4 is 16.5 Å². The largest absolute Gasteiger partial charge is 0.462 e. The average molecular weight is 470 g/mol. The zero-order chi connectivity index (χ0) is 23.8. The Morgan fingerprint density at radius 2 is 1.89 bits per heavy atom. The minimum Gasteiger partial charge on any atom is -0.462 e. The van der Waals surface area contributed by atoms with E-state index in [1.165, 1.54) is 46.1 Å². The first-order valence-electron chi connectivity index (χ1n) is 13.2. The smallest absolute Gasteiger partial charge is 0.316 e. The summed E-state index contributed by atoms with van der Waals surface area (Å²) in [6, 6.07) is 14.2. The number of nitrogens with zero attached hydrogens (tertiary/aromatic N) is 4. The van der Waals surface area contributed by atoms with Gasteiger partial charge in [0.2, 0.25) is 0 Å². The Balaban J connectivity index is 1.24. The second-order valence-corrected chi connectivity index (χ2v) is 11.7. The van der Waals surface area contributed by atoms with Crippen molar-refractivity contribution in [3.05, 3.63) is 58.9 Å². The molecule has 182 valence electrons. The number of aryl methyl sites for hydroxylation is 1. The second-order valence-electron chi connectivity index (χ2n) is 11.7. The Morgan fingerprint density at radius 1 is 1.09 bits per heavy atom. The number of anilines is 1. The summed E-state index contributed by atoms with van der Waals surface area (Å²) >= 11 is 0. The summed E-state index contributed by atoms with van der Waals surface area (Å²) in [4.78, 5) is 15.0. The predicted octanol–water partition coefficient (Wildman–Crippen LogP) is 4.11. The first-order chi connectivity index (χ1) is 16.9. The molecule has 0 amide bonds. The van der Waals surface area contributed by atoms with Crippen LogP contribution in [-0.2, 0) is 18.4 Å². The first kappa shape index (κ1) is 21.6. The van der Waals surface area contributed by atoms with Gasteiger partial charge >= 0.3 is 6.01 Å². The molecule has 3 heterocycles. The van der Waals surface area contributed by atoms with Gasteiger partial charge in [0, 0.05) is 34.6 Å². The molecule has 3 saturated carbocycles. The molecular formula is C29H35N5O. The minimum atomic E-state index is 0.0482. The van der Waals surface area contributed by atoms with E-state index in [0.29, 0.717) is 18.7 Å². The molecule has 2 bridgehead atoms. The lowest BCUT2D eigenvalue weighted by Crippen LogP contribution is -2.74. The summed E-state index contributed by atoms with van der Waals surface area (Å²) in [5.74, 6) is 0. The van der Waals surface area contributed by atoms with E-state index < -0.39 is 0 Å². The molecule has 1 saturated heterocycles. The van der Waals surface area contributed by atoms with Crippen molar-refractivity contribution in [3.8, 4) is 6.01 Å². The molecule has 0 spiro atoms. The Morgan fingerprint density at radius 3 is 2.63 bits per heavy atom. The Bertz CT molecular complexity index is 1290. The summed E-state index contributed by atoms with van der Waals surface area (Å²) in [6.07, 6.45) is 6.56. The lowest BCUT2D eigenvalue weighted by Gasteiger charge is -2.69. The standard InChI is InChI=1S/C29H35N5O/c1-19-6-3-7-20-8-4-10-24(25(19)20)34-13-11-22-23(14-34)31-27(35-15-21-9-5-12-33(21)2)32-26(22)28-16-29(30,17-28)18-28/h3-4,6-8,10,21H,5,9,11-18,30H2,1-2H3/t21-,28?,29?/m0/s1. The fourth-order valence-corrected chi connectivity index (χ4v) is 7.36. The average Bonchev–Trinajstić information content (AvgIpc) is 3.23. The van der Waals surface area contributed by atoms with Gasteiger partial charge in [-0.05, 0) is 81.6 Å². The number of fused-ring (bicyclic) bond motifs is 2. The number of rotatable bonds is 5. The van der Waals surface area contributed by atoms with E-state index in [0.717, 1.165) is 51.0 Å². The van der Waals surface area contributed by atoms with Crippen LogP contribution in [0.1, 0.15) is 54.6 Å². The molecule has 0 radical (unpaired) electrons. The van der Waals surface area contributed by atoms with Crippen molar-refractivity contribution in [2.75, 3.05) is 31.6 Å². The number of likely N-dealkylation sites (N-methyl/N-ethyl adjacent to an activating group) is 1. The zero-order valence-corrected chi connectivity index (χ0v) is 20.9. The first-order valence-corrected chi connectivity index (χ1v) is 13.2. The molecule has 35 heavy (non-hydrogen) atoms. The highest BCUT2D eigenvalue weighted by Gasteiger charge is 2.68. The van der Waals surface area contributed by atoms with Crippen LogP contribution in [0.15, 0.2) is 36.4 Å². The summed E-state index contributed by atoms with van der Waals surface area (Å²) in [7, 11) is 2.19. The summed E-state index contributed by atoms with van der Waals surface area (Å²) in [5.41, 5.74) is 13.0. The highest BCUT2D eigenvalue weighted by atomic mass is 16.5. The van der Waals surface area contributed by atoms with Crippen LogP contribution in [0.3, 0.4) is 0 Å². The van der Waals surface area contributed by atoms with Crippen molar-refractivity contribution in [2.24, 2.45) is 5.73 Å². The highest BCUT2D eigenvalue weighted by Crippen LogP contribution is 2.66. The number of aromatic nitrogens is 2. The number of nitrogens with two attached hydrogens (primary N) is 1. The SMILES string of the molecule is Cc1cccc2cccc(N3CCc4c(nc(OC[C@@H]5CCCN5C)nc4C45CC(N)(C4)C5)C3)c12. The van der Waals surface area contributed by atoms with Crippen LogP contribution in [-0.4, -0.2) is 53.2 Å². The maximum Gasteiger partial charge on any atom is 0.316 e. The maximum absolute atomic E-state index is 6.46. The summed E-state index contributed by atoms with van der Waals surface area (Å²) in [6.45, 7) is 5.79. The van der Waals surface area contributed by atoms with Gasteiger partial charge in [-0.25, -0.2) is 0 Å². The Kier molecular flexibility index (Phi) is 4.71. The maximum atomic E-state index is 6.46. The topological polar surface area (TPSA) is 67.5 Å². The van der Waals surface area contributed by atoms with E-state index in [1.54, 1.807) is 0 Å².